The fraction of sp³-hybridized carbons (Fsp3) is 0.870. The van der Waals surface area contributed by atoms with E-state index in [-0.39, 0.29) is 36.4 Å². The first kappa shape index (κ1) is 29.6. The van der Waals surface area contributed by atoms with E-state index >= 15 is 0 Å². The average molecular weight is 520 g/mol. The number of urea groups is 1. The van der Waals surface area contributed by atoms with E-state index in [0.29, 0.717) is 71.1 Å². The quantitative estimate of drug-likeness (QED) is 0.137. The summed E-state index contributed by atoms with van der Waals surface area (Å²) in [5.74, 6) is 0.728. The van der Waals surface area contributed by atoms with Crippen molar-refractivity contribution in [1.29, 1.82) is 0 Å². The van der Waals surface area contributed by atoms with Gasteiger partial charge >= 0.3 is 12.0 Å². The molecule has 2 N–H and O–H groups in total. The number of hydrogen-bond acceptors (Lipinski definition) is 9. The minimum atomic E-state index is -0.289. The van der Waals surface area contributed by atoms with Crippen LogP contribution in [0.1, 0.15) is 32.1 Å². The van der Waals surface area contributed by atoms with Crippen molar-refractivity contribution in [2.75, 3.05) is 79.3 Å². The number of esters is 1. The van der Waals surface area contributed by atoms with Gasteiger partial charge in [0.05, 0.1) is 78.5 Å². The van der Waals surface area contributed by atoms with Gasteiger partial charge < -0.3 is 39.2 Å². The third-order valence-corrected chi connectivity index (χ3v) is 7.36. The van der Waals surface area contributed by atoms with E-state index in [4.69, 9.17) is 18.9 Å². The number of amides is 3. The molecule has 0 bridgehead atoms. The van der Waals surface area contributed by atoms with Crippen molar-refractivity contribution in [1.82, 2.24) is 15.5 Å². The maximum atomic E-state index is 12.0. The lowest BCUT2D eigenvalue weighted by molar-refractivity contribution is -0.142. The fourth-order valence-electron chi connectivity index (χ4n) is 3.98. The Labute approximate surface area is 212 Å². The Kier molecular flexibility index (Phi) is 15.0. The van der Waals surface area contributed by atoms with Crippen molar-refractivity contribution in [2.45, 2.75) is 49.4 Å². The van der Waals surface area contributed by atoms with E-state index in [1.54, 1.807) is 0 Å². The average Bonchev–Trinajstić information content (AvgIpc) is 3.37. The van der Waals surface area contributed by atoms with Crippen LogP contribution in [0, 0.1) is 0 Å². The van der Waals surface area contributed by atoms with Crippen molar-refractivity contribution in [3.8, 4) is 0 Å². The SMILES string of the molecule is COC(=O)CCOCCOCCOCCOCCNC(=O)CCCC[C@@H]1SCC2NC(=O)N(C)[C@@H]21. The number of unbranched alkanes of at least 4 members (excludes halogenated alkanes) is 1. The molecule has 3 atom stereocenters. The van der Waals surface area contributed by atoms with Gasteiger partial charge in [-0.15, -0.1) is 0 Å². The molecular weight excluding hydrogens is 478 g/mol. The van der Waals surface area contributed by atoms with Crippen molar-refractivity contribution in [3.05, 3.63) is 0 Å². The Balaban J connectivity index is 1.30. The highest BCUT2D eigenvalue weighted by molar-refractivity contribution is 8.00. The third kappa shape index (κ3) is 11.8. The number of rotatable bonds is 20. The van der Waals surface area contributed by atoms with Crippen LogP contribution < -0.4 is 10.6 Å². The summed E-state index contributed by atoms with van der Waals surface area (Å²) in [6.07, 6.45) is 3.61. The summed E-state index contributed by atoms with van der Waals surface area (Å²) >= 11 is 1.92. The number of nitrogens with zero attached hydrogens (tertiary/aromatic N) is 1. The maximum absolute atomic E-state index is 12.0. The zero-order valence-corrected chi connectivity index (χ0v) is 21.8. The number of carbonyl (C=O) groups excluding carboxylic acids is 3. The topological polar surface area (TPSA) is 125 Å². The van der Waals surface area contributed by atoms with Crippen LogP contribution in [-0.4, -0.2) is 119 Å². The summed E-state index contributed by atoms with van der Waals surface area (Å²) in [4.78, 5) is 36.5. The molecule has 202 valence electrons. The summed E-state index contributed by atoms with van der Waals surface area (Å²) in [5.41, 5.74) is 0. The lowest BCUT2D eigenvalue weighted by Gasteiger charge is -2.23. The number of thioether (sulfide) groups is 1. The summed E-state index contributed by atoms with van der Waals surface area (Å²) in [5, 5.41) is 6.36. The van der Waals surface area contributed by atoms with Gasteiger partial charge in [-0.1, -0.05) is 6.42 Å². The smallest absolute Gasteiger partial charge is 0.317 e. The van der Waals surface area contributed by atoms with Crippen LogP contribution in [0.25, 0.3) is 0 Å². The zero-order chi connectivity index (χ0) is 25.3. The number of nitrogens with one attached hydrogen (secondary N) is 2. The van der Waals surface area contributed by atoms with Gasteiger partial charge in [0.1, 0.15) is 0 Å². The van der Waals surface area contributed by atoms with Crippen LogP contribution in [0.4, 0.5) is 4.79 Å². The molecule has 0 saturated carbocycles. The van der Waals surface area contributed by atoms with Gasteiger partial charge in [-0.05, 0) is 12.8 Å². The van der Waals surface area contributed by atoms with Crippen LogP contribution in [0.5, 0.6) is 0 Å². The van der Waals surface area contributed by atoms with Crippen molar-refractivity contribution >= 4 is 29.7 Å². The first-order chi connectivity index (χ1) is 17.0. The van der Waals surface area contributed by atoms with Crippen LogP contribution >= 0.6 is 11.8 Å². The summed E-state index contributed by atoms with van der Waals surface area (Å²) in [7, 11) is 3.22. The van der Waals surface area contributed by atoms with E-state index < -0.39 is 0 Å². The monoisotopic (exact) mass is 519 g/mol. The summed E-state index contributed by atoms with van der Waals surface area (Å²) < 4.78 is 26.0. The normalized spacial score (nSPS) is 21.1. The van der Waals surface area contributed by atoms with Crippen LogP contribution in [0.15, 0.2) is 0 Å². The van der Waals surface area contributed by atoms with Gasteiger partial charge in [0.2, 0.25) is 5.91 Å². The molecule has 0 aromatic rings. The molecular formula is C23H41N3O8S. The van der Waals surface area contributed by atoms with Crippen LogP contribution in [0.2, 0.25) is 0 Å². The molecule has 3 amide bonds. The molecule has 2 aliphatic heterocycles. The molecule has 2 fully saturated rings. The van der Waals surface area contributed by atoms with Crippen molar-refractivity contribution in [3.63, 3.8) is 0 Å². The molecule has 2 saturated heterocycles. The Bertz CT molecular complexity index is 642. The molecule has 0 radical (unpaired) electrons. The molecule has 35 heavy (non-hydrogen) atoms. The molecule has 12 heteroatoms. The number of carbonyl (C=O) groups is 3. The van der Waals surface area contributed by atoms with Crippen molar-refractivity contribution in [2.24, 2.45) is 0 Å². The van der Waals surface area contributed by atoms with E-state index in [2.05, 4.69) is 15.4 Å². The summed E-state index contributed by atoms with van der Waals surface area (Å²) in [6.45, 7) is 3.97. The molecule has 0 spiro atoms. The highest BCUT2D eigenvalue weighted by Crippen LogP contribution is 2.36. The Morgan fingerprint density at radius 3 is 2.26 bits per heavy atom. The maximum Gasteiger partial charge on any atom is 0.317 e. The molecule has 0 aromatic carbocycles. The minimum absolute atomic E-state index is 0.0276. The Hall–Kier alpha value is -1.60. The highest BCUT2D eigenvalue weighted by Gasteiger charge is 2.46. The van der Waals surface area contributed by atoms with Crippen LogP contribution in [-0.2, 0) is 33.3 Å². The number of hydrogen-bond donors (Lipinski definition) is 2. The molecule has 2 heterocycles. The molecule has 2 rings (SSSR count). The second-order valence-electron chi connectivity index (χ2n) is 8.40. The first-order valence-corrected chi connectivity index (χ1v) is 13.4. The lowest BCUT2D eigenvalue weighted by atomic mass is 10.0. The minimum Gasteiger partial charge on any atom is -0.469 e. The predicted octanol–water partition coefficient (Wildman–Crippen LogP) is 0.800. The van der Waals surface area contributed by atoms with Gasteiger partial charge in [-0.25, -0.2) is 4.79 Å². The first-order valence-electron chi connectivity index (χ1n) is 12.3. The van der Waals surface area contributed by atoms with Gasteiger partial charge in [-0.2, -0.15) is 11.8 Å². The second-order valence-corrected chi connectivity index (χ2v) is 9.67. The number of ether oxygens (including phenoxy) is 5. The Morgan fingerprint density at radius 1 is 0.971 bits per heavy atom. The molecule has 2 aliphatic rings. The van der Waals surface area contributed by atoms with E-state index in [0.717, 1.165) is 25.0 Å². The number of likely N-dealkylation sites (N-methyl/N-ethyl adjacent to an activating group) is 1. The second kappa shape index (κ2) is 17.8. The molecule has 1 unspecified atom stereocenters. The number of fused-ring (bicyclic) bond motifs is 1. The zero-order valence-electron chi connectivity index (χ0n) is 21.0. The molecule has 0 aromatic heterocycles. The van der Waals surface area contributed by atoms with Gasteiger partial charge in [-0.3, -0.25) is 9.59 Å². The van der Waals surface area contributed by atoms with E-state index in [1.165, 1.54) is 7.11 Å². The van der Waals surface area contributed by atoms with E-state index in [9.17, 15) is 14.4 Å². The van der Waals surface area contributed by atoms with Crippen LogP contribution in [0.3, 0.4) is 0 Å². The van der Waals surface area contributed by atoms with Gasteiger partial charge in [0.25, 0.3) is 0 Å². The predicted molar refractivity (Wildman–Crippen MR) is 132 cm³/mol. The highest BCUT2D eigenvalue weighted by atomic mass is 32.2. The van der Waals surface area contributed by atoms with Gasteiger partial charge in [0.15, 0.2) is 0 Å². The number of methoxy groups -OCH3 is 1. The largest absolute Gasteiger partial charge is 0.469 e. The van der Waals surface area contributed by atoms with Crippen molar-refractivity contribution < 1.29 is 38.1 Å². The molecule has 0 aliphatic carbocycles. The fourth-order valence-corrected chi connectivity index (χ4v) is 5.62. The van der Waals surface area contributed by atoms with E-state index in [1.807, 2.05) is 23.7 Å². The van der Waals surface area contributed by atoms with Gasteiger partial charge in [0, 0.05) is 31.0 Å². The molecule has 11 nitrogen and oxygen atoms in total. The Morgan fingerprint density at radius 2 is 1.60 bits per heavy atom. The third-order valence-electron chi connectivity index (χ3n) is 5.86. The standard InChI is InChI=1S/C23H41N3O8S/c1-26-22-18(25-23(26)29)17-35-19(22)5-3-4-6-20(27)24-8-10-32-12-14-34-16-15-33-13-11-31-9-7-21(28)30-2/h18-19,22H,3-17H2,1-2H3,(H,24,27)(H,25,29)/t18?,19-,22-/m0/s1. The lowest BCUT2D eigenvalue weighted by Crippen LogP contribution is -2.38. The summed E-state index contributed by atoms with van der Waals surface area (Å²) in [6, 6.07) is 0.570.